The normalized spacial score (nSPS) is 12.0. The Balaban J connectivity index is 2.03. The molecule has 0 radical (unpaired) electrons. The van der Waals surface area contributed by atoms with Crippen LogP contribution in [0.2, 0.25) is 5.02 Å². The van der Waals surface area contributed by atoms with E-state index in [1.807, 2.05) is 52.0 Å². The molecule has 3 aromatic rings. The van der Waals surface area contributed by atoms with Gasteiger partial charge in [0.2, 0.25) is 11.8 Å². The summed E-state index contributed by atoms with van der Waals surface area (Å²) in [6.45, 7) is 7.80. The number of hydrogen-bond acceptors (Lipinski definition) is 4. The summed E-state index contributed by atoms with van der Waals surface area (Å²) in [5, 5.41) is 3.33. The van der Waals surface area contributed by atoms with E-state index >= 15 is 0 Å². The first-order valence-corrected chi connectivity index (χ1v) is 14.9. The molecule has 208 valence electrons. The monoisotopic (exact) mass is 569 g/mol. The van der Waals surface area contributed by atoms with Gasteiger partial charge in [0.1, 0.15) is 12.6 Å². The number of nitrogens with zero attached hydrogens (tertiary/aromatic N) is 2. The highest BCUT2D eigenvalue weighted by atomic mass is 35.5. The highest BCUT2D eigenvalue weighted by molar-refractivity contribution is 7.92. The molecule has 3 rings (SSSR count). The molecule has 0 aromatic heterocycles. The molecule has 9 heteroatoms. The maximum Gasteiger partial charge on any atom is 0.264 e. The minimum Gasteiger partial charge on any atom is -0.354 e. The van der Waals surface area contributed by atoms with Gasteiger partial charge in [-0.3, -0.25) is 13.9 Å². The van der Waals surface area contributed by atoms with Crippen LogP contribution in [0, 0.1) is 13.8 Å². The van der Waals surface area contributed by atoms with Crippen molar-refractivity contribution in [3.05, 3.63) is 94.5 Å². The van der Waals surface area contributed by atoms with Crippen molar-refractivity contribution in [3.63, 3.8) is 0 Å². The zero-order valence-corrected chi connectivity index (χ0v) is 24.4. The van der Waals surface area contributed by atoms with Crippen molar-refractivity contribution >= 4 is 39.1 Å². The largest absolute Gasteiger partial charge is 0.354 e. The van der Waals surface area contributed by atoms with E-state index in [1.54, 1.807) is 36.4 Å². The van der Waals surface area contributed by atoms with Crippen LogP contribution >= 0.6 is 11.6 Å². The van der Waals surface area contributed by atoms with Crippen LogP contribution < -0.4 is 9.62 Å². The number of hydrogen-bond donors (Lipinski definition) is 1. The molecular weight excluding hydrogens is 534 g/mol. The van der Waals surface area contributed by atoms with Crippen LogP contribution in [0.5, 0.6) is 0 Å². The SMILES string of the molecule is CCCNC(=O)[C@@H](CC)N(Cc1ccc(C)cc1)C(=O)CN(c1ccc(Cl)cc1)S(=O)(=O)c1ccc(C)cc1. The number of amides is 2. The van der Waals surface area contributed by atoms with Crippen molar-refractivity contribution in [3.8, 4) is 0 Å². The molecule has 1 N–H and O–H groups in total. The second-order valence-electron chi connectivity index (χ2n) is 9.52. The molecule has 2 amide bonds. The van der Waals surface area contributed by atoms with Gasteiger partial charge < -0.3 is 10.2 Å². The van der Waals surface area contributed by atoms with Crippen molar-refractivity contribution < 1.29 is 18.0 Å². The quantitative estimate of drug-likeness (QED) is 0.313. The highest BCUT2D eigenvalue weighted by Gasteiger charge is 2.33. The van der Waals surface area contributed by atoms with E-state index in [2.05, 4.69) is 5.32 Å². The van der Waals surface area contributed by atoms with Gasteiger partial charge in [0, 0.05) is 18.1 Å². The van der Waals surface area contributed by atoms with Gasteiger partial charge in [0.15, 0.2) is 0 Å². The Hall–Kier alpha value is -3.36. The molecule has 0 aliphatic carbocycles. The average molecular weight is 570 g/mol. The topological polar surface area (TPSA) is 86.8 Å². The molecule has 0 aliphatic rings. The predicted molar refractivity (Wildman–Crippen MR) is 156 cm³/mol. The Labute approximate surface area is 236 Å². The number of rotatable bonds is 12. The Morgan fingerprint density at radius 2 is 1.44 bits per heavy atom. The first kappa shape index (κ1) is 30.2. The molecule has 0 spiro atoms. The third kappa shape index (κ3) is 7.83. The van der Waals surface area contributed by atoms with Gasteiger partial charge in [-0.15, -0.1) is 0 Å². The number of halogens is 1. The molecule has 1 atom stereocenters. The van der Waals surface area contributed by atoms with Gasteiger partial charge in [0.25, 0.3) is 10.0 Å². The third-order valence-electron chi connectivity index (χ3n) is 6.41. The van der Waals surface area contributed by atoms with E-state index in [9.17, 15) is 18.0 Å². The molecule has 0 unspecified atom stereocenters. The molecule has 0 heterocycles. The van der Waals surface area contributed by atoms with E-state index in [-0.39, 0.29) is 17.3 Å². The number of anilines is 1. The number of carbonyl (C=O) groups is 2. The second kappa shape index (κ2) is 13.6. The Morgan fingerprint density at radius 3 is 1.97 bits per heavy atom. The number of nitrogens with one attached hydrogen (secondary N) is 1. The summed E-state index contributed by atoms with van der Waals surface area (Å²) < 4.78 is 28.8. The minimum atomic E-state index is -4.12. The molecule has 0 fully saturated rings. The predicted octanol–water partition coefficient (Wildman–Crippen LogP) is 5.49. The lowest BCUT2D eigenvalue weighted by Gasteiger charge is -2.33. The Bertz CT molecular complexity index is 1360. The summed E-state index contributed by atoms with van der Waals surface area (Å²) in [7, 11) is -4.12. The summed E-state index contributed by atoms with van der Waals surface area (Å²) >= 11 is 6.07. The lowest BCUT2D eigenvalue weighted by atomic mass is 10.1. The van der Waals surface area contributed by atoms with E-state index < -0.39 is 28.5 Å². The molecular formula is C30H36ClN3O4S. The third-order valence-corrected chi connectivity index (χ3v) is 8.45. The van der Waals surface area contributed by atoms with Crippen molar-refractivity contribution in [2.75, 3.05) is 17.4 Å². The highest BCUT2D eigenvalue weighted by Crippen LogP contribution is 2.26. The van der Waals surface area contributed by atoms with Gasteiger partial charge in [-0.1, -0.05) is 73.0 Å². The van der Waals surface area contributed by atoms with E-state index in [0.29, 0.717) is 23.7 Å². The minimum absolute atomic E-state index is 0.0636. The van der Waals surface area contributed by atoms with Crippen LogP contribution in [-0.2, 0) is 26.2 Å². The molecule has 0 saturated carbocycles. The summed E-state index contributed by atoms with van der Waals surface area (Å²) in [4.78, 5) is 28.6. The number of aryl methyl sites for hydroxylation is 2. The Morgan fingerprint density at radius 1 is 0.872 bits per heavy atom. The molecule has 0 aliphatic heterocycles. The van der Waals surface area contributed by atoms with Crippen LogP contribution in [0.15, 0.2) is 77.7 Å². The maximum absolute atomic E-state index is 14.0. The smallest absolute Gasteiger partial charge is 0.264 e. The summed E-state index contributed by atoms with van der Waals surface area (Å²) in [6.07, 6.45) is 1.13. The summed E-state index contributed by atoms with van der Waals surface area (Å²) in [6, 6.07) is 19.7. The molecule has 3 aromatic carbocycles. The Kier molecular flexibility index (Phi) is 10.5. The van der Waals surface area contributed by atoms with Crippen molar-refractivity contribution in [2.24, 2.45) is 0 Å². The van der Waals surface area contributed by atoms with Crippen LogP contribution in [0.25, 0.3) is 0 Å². The fraction of sp³-hybridized carbons (Fsp3) is 0.333. The van der Waals surface area contributed by atoms with Gasteiger partial charge in [-0.25, -0.2) is 8.42 Å². The van der Waals surface area contributed by atoms with Gasteiger partial charge in [0.05, 0.1) is 10.6 Å². The van der Waals surface area contributed by atoms with Crippen molar-refractivity contribution in [1.29, 1.82) is 0 Å². The first-order chi connectivity index (χ1) is 18.6. The zero-order valence-electron chi connectivity index (χ0n) is 22.9. The fourth-order valence-electron chi connectivity index (χ4n) is 4.15. The number of carbonyl (C=O) groups excluding carboxylic acids is 2. The van der Waals surface area contributed by atoms with Gasteiger partial charge >= 0.3 is 0 Å². The molecule has 0 bridgehead atoms. The zero-order chi connectivity index (χ0) is 28.6. The molecule has 0 saturated heterocycles. The lowest BCUT2D eigenvalue weighted by Crippen LogP contribution is -2.52. The fourth-order valence-corrected chi connectivity index (χ4v) is 5.69. The summed E-state index contributed by atoms with van der Waals surface area (Å²) in [5.41, 5.74) is 3.13. The first-order valence-electron chi connectivity index (χ1n) is 13.0. The van der Waals surface area contributed by atoms with Crippen LogP contribution in [0.1, 0.15) is 43.4 Å². The van der Waals surface area contributed by atoms with Crippen molar-refractivity contribution in [2.45, 2.75) is 58.0 Å². The molecule has 39 heavy (non-hydrogen) atoms. The van der Waals surface area contributed by atoms with Crippen LogP contribution in [-0.4, -0.2) is 44.3 Å². The van der Waals surface area contributed by atoms with E-state index in [4.69, 9.17) is 11.6 Å². The average Bonchev–Trinajstić information content (AvgIpc) is 2.92. The number of sulfonamides is 1. The second-order valence-corrected chi connectivity index (χ2v) is 11.8. The van der Waals surface area contributed by atoms with Crippen molar-refractivity contribution in [1.82, 2.24) is 10.2 Å². The standard InChI is InChI=1S/C30H36ClN3O4S/c1-5-19-32-30(36)28(6-2)33(20-24-11-7-22(3)8-12-24)29(35)21-34(26-15-13-25(31)14-16-26)39(37,38)27-17-9-23(4)10-18-27/h7-18,28H,5-6,19-21H2,1-4H3,(H,32,36)/t28-/m1/s1. The van der Waals surface area contributed by atoms with Crippen LogP contribution in [0.3, 0.4) is 0 Å². The van der Waals surface area contributed by atoms with E-state index in [1.165, 1.54) is 17.0 Å². The maximum atomic E-state index is 14.0. The van der Waals surface area contributed by atoms with Crippen LogP contribution in [0.4, 0.5) is 5.69 Å². The van der Waals surface area contributed by atoms with Gasteiger partial charge in [-0.2, -0.15) is 0 Å². The van der Waals surface area contributed by atoms with E-state index in [0.717, 1.165) is 27.4 Å². The number of benzene rings is 3. The summed E-state index contributed by atoms with van der Waals surface area (Å²) in [5.74, 6) is -0.751. The lowest BCUT2D eigenvalue weighted by molar-refractivity contribution is -0.140. The molecule has 7 nitrogen and oxygen atoms in total. The van der Waals surface area contributed by atoms with Gasteiger partial charge in [-0.05, 0) is 68.7 Å².